The van der Waals surface area contributed by atoms with Crippen LogP contribution in [0.2, 0.25) is 0 Å². The van der Waals surface area contributed by atoms with Crippen molar-refractivity contribution in [2.45, 2.75) is 58.1 Å². The van der Waals surface area contributed by atoms with Crippen LogP contribution < -0.4 is 5.73 Å². The van der Waals surface area contributed by atoms with E-state index in [0.29, 0.717) is 5.92 Å². The number of nitrogens with two attached hydrogens (primary N) is 1. The van der Waals surface area contributed by atoms with Crippen LogP contribution in [0.3, 0.4) is 0 Å². The molecule has 0 aromatic heterocycles. The van der Waals surface area contributed by atoms with Gasteiger partial charge in [-0.1, -0.05) is 13.8 Å². The molecule has 2 N–H and O–H groups in total. The van der Waals surface area contributed by atoms with Gasteiger partial charge in [0, 0.05) is 25.2 Å². The molecule has 96 valence electrons. The van der Waals surface area contributed by atoms with E-state index in [0.717, 1.165) is 39.1 Å². The molecule has 1 saturated heterocycles. The van der Waals surface area contributed by atoms with Gasteiger partial charge >= 0.3 is 0 Å². The molecule has 1 rings (SSSR count). The Labute approximate surface area is 99.7 Å². The summed E-state index contributed by atoms with van der Waals surface area (Å²) >= 11 is 0. The molecule has 0 aromatic carbocycles. The Kier molecular flexibility index (Phi) is 5.73. The van der Waals surface area contributed by atoms with Crippen molar-refractivity contribution in [3.63, 3.8) is 0 Å². The van der Waals surface area contributed by atoms with Crippen LogP contribution in [0.5, 0.6) is 0 Å². The topological polar surface area (TPSA) is 44.5 Å². The van der Waals surface area contributed by atoms with Crippen molar-refractivity contribution >= 4 is 0 Å². The summed E-state index contributed by atoms with van der Waals surface area (Å²) in [6, 6.07) is 0.0998. The molecule has 2 unspecified atom stereocenters. The van der Waals surface area contributed by atoms with Gasteiger partial charge in [0.25, 0.3) is 0 Å². The average molecular weight is 229 g/mol. The number of rotatable bonds is 6. The summed E-state index contributed by atoms with van der Waals surface area (Å²) in [5, 5.41) is 0. The lowest BCUT2D eigenvalue weighted by molar-refractivity contribution is -0.0912. The van der Waals surface area contributed by atoms with Gasteiger partial charge in [0.2, 0.25) is 0 Å². The van der Waals surface area contributed by atoms with E-state index >= 15 is 0 Å². The predicted octanol–water partition coefficient (Wildman–Crippen LogP) is 2.34. The van der Waals surface area contributed by atoms with E-state index in [9.17, 15) is 0 Å². The smallest absolute Gasteiger partial charge is 0.0830 e. The van der Waals surface area contributed by atoms with Crippen molar-refractivity contribution in [1.82, 2.24) is 0 Å². The standard InChI is InChI=1S/C13H27NO2/c1-4-13(5-2,16-6-3)12(14)11-8-7-9-15-10-11/h11-12H,4-10,14H2,1-3H3. The molecule has 0 spiro atoms. The predicted molar refractivity (Wildman–Crippen MR) is 66.5 cm³/mol. The highest BCUT2D eigenvalue weighted by Gasteiger charge is 2.39. The number of ether oxygens (including phenoxy) is 2. The van der Waals surface area contributed by atoms with Crippen LogP contribution >= 0.6 is 0 Å². The lowest BCUT2D eigenvalue weighted by Crippen LogP contribution is -2.55. The SMILES string of the molecule is CCOC(CC)(CC)C(N)C1CCCOC1. The first-order valence-corrected chi connectivity index (χ1v) is 6.67. The summed E-state index contributed by atoms with van der Waals surface area (Å²) in [7, 11) is 0. The lowest BCUT2D eigenvalue weighted by Gasteiger charge is -2.42. The van der Waals surface area contributed by atoms with Crippen LogP contribution in [0.25, 0.3) is 0 Å². The quantitative estimate of drug-likeness (QED) is 0.760. The molecule has 2 atom stereocenters. The van der Waals surface area contributed by atoms with Crippen LogP contribution in [-0.4, -0.2) is 31.5 Å². The summed E-state index contributed by atoms with van der Waals surface area (Å²) < 4.78 is 11.5. The van der Waals surface area contributed by atoms with Gasteiger partial charge in [0.15, 0.2) is 0 Å². The molecule has 0 aliphatic carbocycles. The van der Waals surface area contributed by atoms with Crippen LogP contribution in [0.1, 0.15) is 46.5 Å². The van der Waals surface area contributed by atoms with Crippen molar-refractivity contribution in [2.75, 3.05) is 19.8 Å². The minimum absolute atomic E-state index is 0.0998. The van der Waals surface area contributed by atoms with Crippen molar-refractivity contribution in [1.29, 1.82) is 0 Å². The fourth-order valence-corrected chi connectivity index (χ4v) is 2.79. The van der Waals surface area contributed by atoms with Crippen LogP contribution in [0.4, 0.5) is 0 Å². The van der Waals surface area contributed by atoms with E-state index in [-0.39, 0.29) is 11.6 Å². The first kappa shape index (κ1) is 13.9. The maximum absolute atomic E-state index is 6.43. The van der Waals surface area contributed by atoms with E-state index < -0.39 is 0 Å². The fourth-order valence-electron chi connectivity index (χ4n) is 2.79. The zero-order valence-electron chi connectivity index (χ0n) is 11.0. The number of hydrogen-bond acceptors (Lipinski definition) is 3. The highest BCUT2D eigenvalue weighted by molar-refractivity contribution is 4.94. The molecule has 1 aliphatic rings. The van der Waals surface area contributed by atoms with Gasteiger partial charge in [-0.25, -0.2) is 0 Å². The molecule has 1 heterocycles. The Morgan fingerprint density at radius 2 is 2.06 bits per heavy atom. The third-order valence-corrected chi connectivity index (χ3v) is 3.94. The summed E-state index contributed by atoms with van der Waals surface area (Å²) in [4.78, 5) is 0. The maximum atomic E-state index is 6.43. The molecule has 0 bridgehead atoms. The van der Waals surface area contributed by atoms with Crippen LogP contribution in [0.15, 0.2) is 0 Å². The second kappa shape index (κ2) is 6.58. The van der Waals surface area contributed by atoms with E-state index in [1.807, 2.05) is 6.92 Å². The molecule has 3 nitrogen and oxygen atoms in total. The monoisotopic (exact) mass is 229 g/mol. The molecule has 16 heavy (non-hydrogen) atoms. The Balaban J connectivity index is 2.67. The molecule has 3 heteroatoms. The largest absolute Gasteiger partial charge is 0.381 e. The van der Waals surface area contributed by atoms with Gasteiger partial charge in [-0.3, -0.25) is 0 Å². The lowest BCUT2D eigenvalue weighted by atomic mass is 9.79. The van der Waals surface area contributed by atoms with Gasteiger partial charge in [0.05, 0.1) is 12.2 Å². The molecule has 0 amide bonds. The minimum atomic E-state index is -0.153. The maximum Gasteiger partial charge on any atom is 0.0830 e. The molecule has 1 aliphatic heterocycles. The third-order valence-electron chi connectivity index (χ3n) is 3.94. The Bertz CT molecular complexity index is 186. The van der Waals surface area contributed by atoms with Gasteiger partial charge < -0.3 is 15.2 Å². The summed E-state index contributed by atoms with van der Waals surface area (Å²) in [6.45, 7) is 8.82. The highest BCUT2D eigenvalue weighted by Crippen LogP contribution is 2.31. The van der Waals surface area contributed by atoms with E-state index in [4.69, 9.17) is 15.2 Å². The second-order valence-corrected chi connectivity index (χ2v) is 4.71. The normalized spacial score (nSPS) is 24.4. The van der Waals surface area contributed by atoms with Crippen LogP contribution in [-0.2, 0) is 9.47 Å². The van der Waals surface area contributed by atoms with Crippen molar-refractivity contribution in [2.24, 2.45) is 11.7 Å². The first-order valence-electron chi connectivity index (χ1n) is 6.67. The molecule has 0 saturated carbocycles. The third kappa shape index (κ3) is 2.96. The van der Waals surface area contributed by atoms with Crippen molar-refractivity contribution < 1.29 is 9.47 Å². The zero-order valence-corrected chi connectivity index (χ0v) is 11.0. The molecule has 0 aromatic rings. The molecule has 1 fully saturated rings. The molecular weight excluding hydrogens is 202 g/mol. The molecule has 0 radical (unpaired) electrons. The van der Waals surface area contributed by atoms with Crippen LogP contribution in [0, 0.1) is 5.92 Å². The summed E-state index contributed by atoms with van der Waals surface area (Å²) in [5.74, 6) is 0.459. The Hall–Kier alpha value is -0.120. The Morgan fingerprint density at radius 3 is 2.50 bits per heavy atom. The van der Waals surface area contributed by atoms with Gasteiger partial charge in [-0.05, 0) is 32.6 Å². The van der Waals surface area contributed by atoms with E-state index in [1.165, 1.54) is 6.42 Å². The molecular formula is C13H27NO2. The fraction of sp³-hybridized carbons (Fsp3) is 1.00. The van der Waals surface area contributed by atoms with E-state index in [1.54, 1.807) is 0 Å². The van der Waals surface area contributed by atoms with Crippen molar-refractivity contribution in [3.8, 4) is 0 Å². The Morgan fingerprint density at radius 1 is 1.38 bits per heavy atom. The van der Waals surface area contributed by atoms with E-state index in [2.05, 4.69) is 13.8 Å². The second-order valence-electron chi connectivity index (χ2n) is 4.71. The van der Waals surface area contributed by atoms with Crippen molar-refractivity contribution in [3.05, 3.63) is 0 Å². The zero-order chi connectivity index (χ0) is 12.0. The summed E-state index contributed by atoms with van der Waals surface area (Å²) in [5.41, 5.74) is 6.28. The minimum Gasteiger partial charge on any atom is -0.381 e. The first-order chi connectivity index (χ1) is 7.70. The number of hydrogen-bond donors (Lipinski definition) is 1. The van der Waals surface area contributed by atoms with Gasteiger partial charge in [0.1, 0.15) is 0 Å². The highest BCUT2D eigenvalue weighted by atomic mass is 16.5. The van der Waals surface area contributed by atoms with Gasteiger partial charge in [-0.15, -0.1) is 0 Å². The van der Waals surface area contributed by atoms with Gasteiger partial charge in [-0.2, -0.15) is 0 Å². The average Bonchev–Trinajstić information content (AvgIpc) is 2.36. The summed E-state index contributed by atoms with van der Waals surface area (Å²) in [6.07, 6.45) is 4.27.